The van der Waals surface area contributed by atoms with Crippen molar-refractivity contribution in [2.75, 3.05) is 5.32 Å². The Hall–Kier alpha value is -3.63. The molecule has 1 saturated carbocycles. The predicted octanol–water partition coefficient (Wildman–Crippen LogP) is 3.99. The van der Waals surface area contributed by atoms with Gasteiger partial charge in [-0.25, -0.2) is 0 Å². The molecule has 2 fully saturated rings. The van der Waals surface area contributed by atoms with Gasteiger partial charge in [-0.05, 0) is 53.6 Å². The minimum absolute atomic E-state index is 0.109. The van der Waals surface area contributed by atoms with E-state index in [1.54, 1.807) is 0 Å². The zero-order valence-corrected chi connectivity index (χ0v) is 22.4. The van der Waals surface area contributed by atoms with Crippen LogP contribution in [0, 0.1) is 0 Å². The number of piperidine rings is 1. The molecule has 0 spiro atoms. The fraction of sp³-hybridized carbons (Fsp3) is 0.379. The Morgan fingerprint density at radius 3 is 2.62 bits per heavy atom. The van der Waals surface area contributed by atoms with Crippen molar-refractivity contribution in [1.82, 2.24) is 20.4 Å². The van der Waals surface area contributed by atoms with Crippen LogP contribution in [0.4, 0.5) is 5.82 Å². The van der Waals surface area contributed by atoms with Crippen molar-refractivity contribution >= 4 is 36.2 Å². The van der Waals surface area contributed by atoms with E-state index in [1.807, 2.05) is 47.4 Å². The number of rotatable bonds is 8. The summed E-state index contributed by atoms with van der Waals surface area (Å²) < 4.78 is 6.00. The first kappa shape index (κ1) is 25.6. The maximum Gasteiger partial charge on any atom is 0.243 e. The van der Waals surface area contributed by atoms with E-state index in [9.17, 15) is 14.4 Å². The predicted molar refractivity (Wildman–Crippen MR) is 148 cm³/mol. The zero-order valence-electron chi connectivity index (χ0n) is 21.5. The number of aromatic amines is 1. The Labute approximate surface area is 232 Å². The van der Waals surface area contributed by atoms with Gasteiger partial charge in [-0.2, -0.15) is 17.7 Å². The van der Waals surface area contributed by atoms with Crippen molar-refractivity contribution in [3.8, 4) is 5.75 Å². The fourth-order valence-corrected chi connectivity index (χ4v) is 5.94. The Balaban J connectivity index is 1.01. The molecule has 0 radical (unpaired) electrons. The number of imide groups is 1. The molecule has 202 valence electrons. The number of carbonyl (C=O) groups excluding carboxylic acids is 3. The molecule has 3 amide bonds. The molecule has 10 heteroatoms. The number of benzene rings is 2. The standard InChI is InChI=1S/C29H31N5O4S/c35-26-11-10-24(28(37)31-26)34-15-20-12-18(6-9-22(20)29(34)39)16-38-21-7-4-17(5-8-21)13-27(36)30-25-14-23(32-33-25)19-2-1-3-19/h4-9,12,14,19,24,29,39H,1-3,10-11,13,15-16H2,(H,31,35,37)(H2,30,32,33,36). The first-order valence-electron chi connectivity index (χ1n) is 13.4. The van der Waals surface area contributed by atoms with Gasteiger partial charge in [-0.3, -0.25) is 29.7 Å². The van der Waals surface area contributed by atoms with Gasteiger partial charge in [-0.1, -0.05) is 36.8 Å². The second-order valence-electron chi connectivity index (χ2n) is 10.5. The van der Waals surface area contributed by atoms with Gasteiger partial charge in [-0.15, -0.1) is 0 Å². The number of thiol groups is 1. The Morgan fingerprint density at radius 2 is 1.87 bits per heavy atom. The number of hydrogen-bond donors (Lipinski definition) is 4. The minimum atomic E-state index is -0.359. The number of H-pyrrole nitrogens is 1. The molecule has 1 aliphatic carbocycles. The van der Waals surface area contributed by atoms with Crippen LogP contribution in [0.3, 0.4) is 0 Å². The van der Waals surface area contributed by atoms with Crippen molar-refractivity contribution in [3.63, 3.8) is 0 Å². The summed E-state index contributed by atoms with van der Waals surface area (Å²) in [4.78, 5) is 38.4. The van der Waals surface area contributed by atoms with Crippen molar-refractivity contribution < 1.29 is 19.1 Å². The Morgan fingerprint density at radius 1 is 1.08 bits per heavy atom. The zero-order chi connectivity index (χ0) is 26.9. The lowest BCUT2D eigenvalue weighted by Gasteiger charge is -2.32. The van der Waals surface area contributed by atoms with E-state index in [-0.39, 0.29) is 35.6 Å². The molecule has 0 bridgehead atoms. The molecule has 2 atom stereocenters. The van der Waals surface area contributed by atoms with Crippen LogP contribution in [0.1, 0.15) is 71.3 Å². The summed E-state index contributed by atoms with van der Waals surface area (Å²) >= 11 is 4.76. The molecule has 2 unspecified atom stereocenters. The Kier molecular flexibility index (Phi) is 7.14. The number of carbonyl (C=O) groups is 3. The van der Waals surface area contributed by atoms with E-state index < -0.39 is 0 Å². The molecule has 1 saturated heterocycles. The van der Waals surface area contributed by atoms with E-state index in [4.69, 9.17) is 17.4 Å². The van der Waals surface area contributed by atoms with Gasteiger partial charge in [0.05, 0.1) is 17.8 Å². The topological polar surface area (TPSA) is 116 Å². The maximum absolute atomic E-state index is 12.5. The van der Waals surface area contributed by atoms with Crippen molar-refractivity contribution in [2.45, 2.75) is 69.0 Å². The normalized spacial score (nSPS) is 21.3. The third-order valence-corrected chi connectivity index (χ3v) is 8.44. The van der Waals surface area contributed by atoms with Gasteiger partial charge in [0.1, 0.15) is 12.4 Å². The van der Waals surface area contributed by atoms with Gasteiger partial charge in [0.15, 0.2) is 5.82 Å². The summed E-state index contributed by atoms with van der Waals surface area (Å²) in [5.74, 6) is 1.25. The summed E-state index contributed by atoms with van der Waals surface area (Å²) in [7, 11) is 0. The number of nitrogens with zero attached hydrogens (tertiary/aromatic N) is 2. The lowest BCUT2D eigenvalue weighted by Crippen LogP contribution is -2.51. The van der Waals surface area contributed by atoms with E-state index in [0.29, 0.717) is 43.5 Å². The SMILES string of the molecule is O=C1CCC(N2Cc3cc(COc4ccc(CC(=O)Nc5cc(C6CCC6)[nH]n5)cc4)ccc3C2S)C(=O)N1. The number of aromatic nitrogens is 2. The highest BCUT2D eigenvalue weighted by Crippen LogP contribution is 2.39. The third-order valence-electron chi connectivity index (χ3n) is 7.87. The lowest BCUT2D eigenvalue weighted by atomic mass is 9.83. The van der Waals surface area contributed by atoms with Gasteiger partial charge in [0.25, 0.3) is 0 Å². The van der Waals surface area contributed by atoms with Gasteiger partial charge in [0.2, 0.25) is 17.7 Å². The average molecular weight is 546 g/mol. The van der Waals surface area contributed by atoms with Crippen LogP contribution < -0.4 is 15.4 Å². The lowest BCUT2D eigenvalue weighted by molar-refractivity contribution is -0.137. The number of nitrogens with one attached hydrogen (secondary N) is 3. The Bertz CT molecular complexity index is 1400. The van der Waals surface area contributed by atoms with Crippen LogP contribution in [-0.2, 0) is 34.0 Å². The van der Waals surface area contributed by atoms with E-state index in [0.717, 1.165) is 27.9 Å². The van der Waals surface area contributed by atoms with E-state index in [2.05, 4.69) is 26.9 Å². The third kappa shape index (κ3) is 5.58. The summed E-state index contributed by atoms with van der Waals surface area (Å²) in [6.07, 6.45) is 4.71. The summed E-state index contributed by atoms with van der Waals surface area (Å²) in [6, 6.07) is 15.2. The second-order valence-corrected chi connectivity index (χ2v) is 11.0. The number of amides is 3. The largest absolute Gasteiger partial charge is 0.489 e. The van der Waals surface area contributed by atoms with Gasteiger partial charge >= 0.3 is 0 Å². The minimum Gasteiger partial charge on any atom is -0.489 e. The average Bonchev–Trinajstić information content (AvgIpc) is 3.46. The first-order chi connectivity index (χ1) is 18.9. The van der Waals surface area contributed by atoms with Crippen LogP contribution in [-0.4, -0.2) is 38.9 Å². The fourth-order valence-electron chi connectivity index (χ4n) is 5.45. The highest BCUT2D eigenvalue weighted by molar-refractivity contribution is 7.80. The van der Waals surface area contributed by atoms with Crippen LogP contribution >= 0.6 is 12.6 Å². The quantitative estimate of drug-likeness (QED) is 0.251. The van der Waals surface area contributed by atoms with Crippen molar-refractivity contribution in [3.05, 3.63) is 76.5 Å². The van der Waals surface area contributed by atoms with Crippen LogP contribution in [0.2, 0.25) is 0 Å². The van der Waals surface area contributed by atoms with Crippen LogP contribution in [0.5, 0.6) is 5.75 Å². The molecule has 3 aromatic rings. The highest BCUT2D eigenvalue weighted by Gasteiger charge is 2.39. The molecule has 1 aromatic heterocycles. The molecule has 39 heavy (non-hydrogen) atoms. The van der Waals surface area contributed by atoms with Crippen molar-refractivity contribution in [2.24, 2.45) is 0 Å². The molecule has 9 nitrogen and oxygen atoms in total. The van der Waals surface area contributed by atoms with Crippen molar-refractivity contribution in [1.29, 1.82) is 0 Å². The molecular formula is C29H31N5O4S. The number of hydrogen-bond acceptors (Lipinski definition) is 7. The second kappa shape index (κ2) is 10.9. The smallest absolute Gasteiger partial charge is 0.243 e. The van der Waals surface area contributed by atoms with Crippen LogP contribution in [0.15, 0.2) is 48.5 Å². The number of ether oxygens (including phenoxy) is 1. The van der Waals surface area contributed by atoms with E-state index in [1.165, 1.54) is 19.3 Å². The van der Waals surface area contributed by atoms with E-state index >= 15 is 0 Å². The molecule has 6 rings (SSSR count). The van der Waals surface area contributed by atoms with Crippen LogP contribution in [0.25, 0.3) is 0 Å². The first-order valence-corrected chi connectivity index (χ1v) is 13.9. The highest BCUT2D eigenvalue weighted by atomic mass is 32.1. The van der Waals surface area contributed by atoms with Gasteiger partial charge in [0, 0.05) is 30.6 Å². The molecule has 3 N–H and O–H groups in total. The monoisotopic (exact) mass is 545 g/mol. The molecule has 2 aliphatic heterocycles. The molecule has 3 aliphatic rings. The summed E-state index contributed by atoms with van der Waals surface area (Å²) in [5.41, 5.74) is 5.18. The molecular weight excluding hydrogens is 514 g/mol. The molecule has 3 heterocycles. The summed E-state index contributed by atoms with van der Waals surface area (Å²) in [5, 5.41) is 12.4. The van der Waals surface area contributed by atoms with Gasteiger partial charge < -0.3 is 10.1 Å². The molecule has 2 aromatic carbocycles. The summed E-state index contributed by atoms with van der Waals surface area (Å²) in [6.45, 7) is 0.992. The number of fused-ring (bicyclic) bond motifs is 1. The maximum atomic E-state index is 12.5. The number of anilines is 1.